The zero-order valence-corrected chi connectivity index (χ0v) is 19.8. The van der Waals surface area contributed by atoms with Crippen LogP contribution >= 0.6 is 11.8 Å². The van der Waals surface area contributed by atoms with E-state index in [0.717, 1.165) is 33.9 Å². The summed E-state index contributed by atoms with van der Waals surface area (Å²) in [7, 11) is 0. The average Bonchev–Trinajstić information content (AvgIpc) is 3.37. The van der Waals surface area contributed by atoms with Gasteiger partial charge in [-0.15, -0.1) is 10.2 Å². The molecule has 34 heavy (non-hydrogen) atoms. The number of anilines is 1. The molecule has 0 spiro atoms. The molecule has 0 fully saturated rings. The van der Waals surface area contributed by atoms with Gasteiger partial charge in [-0.25, -0.2) is 0 Å². The molecule has 0 bridgehead atoms. The molecule has 1 amide bonds. The number of ketones is 1. The van der Waals surface area contributed by atoms with Gasteiger partial charge in [-0.3, -0.25) is 14.2 Å². The maximum Gasteiger partial charge on any atom is 0.231 e. The standard InChI is InChI=1S/C27H24N4O2S/c1-17-7-6-10-21(13-17)31-25(14-19-8-4-3-5-9-19)29-30-27(31)34-16-24(32)20-11-12-23-22(15-20)18(2)26(33)28-23/h3-13,15,18H,14,16H2,1-2H3,(H,28,33). The molecule has 2 heterocycles. The van der Waals surface area contributed by atoms with Gasteiger partial charge in [0, 0.05) is 23.4 Å². The number of nitrogens with zero attached hydrogens (tertiary/aromatic N) is 3. The predicted molar refractivity (Wildman–Crippen MR) is 134 cm³/mol. The molecule has 0 saturated heterocycles. The van der Waals surface area contributed by atoms with Crippen molar-refractivity contribution in [2.45, 2.75) is 31.3 Å². The van der Waals surface area contributed by atoms with E-state index in [1.807, 2.05) is 54.0 Å². The fourth-order valence-electron chi connectivity index (χ4n) is 4.12. The van der Waals surface area contributed by atoms with Crippen LogP contribution in [0.15, 0.2) is 78.0 Å². The summed E-state index contributed by atoms with van der Waals surface area (Å²) in [5.41, 5.74) is 5.51. The lowest BCUT2D eigenvalue weighted by molar-refractivity contribution is -0.116. The second-order valence-electron chi connectivity index (χ2n) is 8.46. The molecule has 0 radical (unpaired) electrons. The number of fused-ring (bicyclic) bond motifs is 1. The van der Waals surface area contributed by atoms with E-state index < -0.39 is 0 Å². The number of Topliss-reactive ketones (excluding diaryl/α,β-unsaturated/α-hetero) is 1. The average molecular weight is 469 g/mol. The lowest BCUT2D eigenvalue weighted by atomic mass is 9.99. The Morgan fingerprint density at radius 2 is 1.85 bits per heavy atom. The largest absolute Gasteiger partial charge is 0.325 e. The Morgan fingerprint density at radius 1 is 1.03 bits per heavy atom. The maximum atomic E-state index is 13.0. The minimum Gasteiger partial charge on any atom is -0.325 e. The predicted octanol–water partition coefficient (Wildman–Crippen LogP) is 5.20. The molecular formula is C27H24N4O2S. The second-order valence-corrected chi connectivity index (χ2v) is 9.40. The summed E-state index contributed by atoms with van der Waals surface area (Å²) in [6.45, 7) is 3.90. The highest BCUT2D eigenvalue weighted by molar-refractivity contribution is 7.99. The van der Waals surface area contributed by atoms with E-state index in [4.69, 9.17) is 0 Å². The number of carbonyl (C=O) groups excluding carboxylic acids is 2. The van der Waals surface area contributed by atoms with Gasteiger partial charge in [0.05, 0.1) is 11.7 Å². The molecule has 0 aliphatic carbocycles. The molecule has 1 aliphatic rings. The van der Waals surface area contributed by atoms with Crippen LogP contribution in [0.5, 0.6) is 0 Å². The third kappa shape index (κ3) is 4.39. The van der Waals surface area contributed by atoms with Crippen LogP contribution in [0.3, 0.4) is 0 Å². The van der Waals surface area contributed by atoms with E-state index in [2.05, 4.69) is 46.7 Å². The zero-order valence-electron chi connectivity index (χ0n) is 19.0. The van der Waals surface area contributed by atoms with E-state index in [-0.39, 0.29) is 23.4 Å². The highest BCUT2D eigenvalue weighted by atomic mass is 32.2. The molecule has 170 valence electrons. The van der Waals surface area contributed by atoms with Crippen LogP contribution in [0.25, 0.3) is 5.69 Å². The van der Waals surface area contributed by atoms with E-state index in [1.165, 1.54) is 11.8 Å². The van der Waals surface area contributed by atoms with Crippen molar-refractivity contribution in [2.75, 3.05) is 11.1 Å². The normalized spacial score (nSPS) is 14.6. The van der Waals surface area contributed by atoms with Crippen molar-refractivity contribution in [3.8, 4) is 5.69 Å². The van der Waals surface area contributed by atoms with Crippen LogP contribution in [0.4, 0.5) is 5.69 Å². The van der Waals surface area contributed by atoms with Gasteiger partial charge in [0.25, 0.3) is 0 Å². The Morgan fingerprint density at radius 3 is 2.65 bits per heavy atom. The maximum absolute atomic E-state index is 13.0. The van der Waals surface area contributed by atoms with Crippen LogP contribution in [0.2, 0.25) is 0 Å². The topological polar surface area (TPSA) is 76.9 Å². The Balaban J connectivity index is 1.41. The molecule has 1 unspecified atom stereocenters. The van der Waals surface area contributed by atoms with Crippen LogP contribution in [0.1, 0.15) is 45.7 Å². The molecule has 3 aromatic carbocycles. The molecular weight excluding hydrogens is 444 g/mol. The van der Waals surface area contributed by atoms with Gasteiger partial charge in [-0.1, -0.05) is 54.2 Å². The Bertz CT molecular complexity index is 1380. The molecule has 1 N–H and O–H groups in total. The van der Waals surface area contributed by atoms with Crippen LogP contribution in [-0.4, -0.2) is 32.2 Å². The number of carbonyl (C=O) groups is 2. The van der Waals surface area contributed by atoms with Crippen molar-refractivity contribution in [2.24, 2.45) is 0 Å². The number of thioether (sulfide) groups is 1. The minimum absolute atomic E-state index is 0.0113. The molecule has 4 aromatic rings. The first-order chi connectivity index (χ1) is 16.5. The number of aryl methyl sites for hydroxylation is 1. The first-order valence-electron chi connectivity index (χ1n) is 11.2. The van der Waals surface area contributed by atoms with Crippen molar-refractivity contribution in [1.82, 2.24) is 14.8 Å². The van der Waals surface area contributed by atoms with E-state index in [1.54, 1.807) is 6.07 Å². The van der Waals surface area contributed by atoms with Crippen LogP contribution in [-0.2, 0) is 11.2 Å². The van der Waals surface area contributed by atoms with Gasteiger partial charge >= 0.3 is 0 Å². The monoisotopic (exact) mass is 468 g/mol. The number of benzene rings is 3. The number of rotatable bonds is 7. The second kappa shape index (κ2) is 9.27. The van der Waals surface area contributed by atoms with E-state index >= 15 is 0 Å². The van der Waals surface area contributed by atoms with E-state index in [9.17, 15) is 9.59 Å². The van der Waals surface area contributed by atoms with Gasteiger partial charge in [0.2, 0.25) is 5.91 Å². The highest BCUT2D eigenvalue weighted by Gasteiger charge is 2.27. The number of hydrogen-bond acceptors (Lipinski definition) is 5. The number of aromatic nitrogens is 3. The smallest absolute Gasteiger partial charge is 0.231 e. The van der Waals surface area contributed by atoms with Crippen LogP contribution < -0.4 is 5.32 Å². The van der Waals surface area contributed by atoms with Gasteiger partial charge in [-0.05, 0) is 60.9 Å². The van der Waals surface area contributed by atoms with Crippen molar-refractivity contribution in [1.29, 1.82) is 0 Å². The Kier molecular flexibility index (Phi) is 6.02. The third-order valence-electron chi connectivity index (χ3n) is 5.99. The minimum atomic E-state index is -0.250. The van der Waals surface area contributed by atoms with E-state index in [0.29, 0.717) is 17.1 Å². The summed E-state index contributed by atoms with van der Waals surface area (Å²) in [6, 6.07) is 23.7. The molecule has 7 heteroatoms. The number of hydrogen-bond donors (Lipinski definition) is 1. The number of amides is 1. The van der Waals surface area contributed by atoms with Crippen molar-refractivity contribution in [3.63, 3.8) is 0 Å². The molecule has 5 rings (SSSR count). The lowest BCUT2D eigenvalue weighted by Crippen LogP contribution is -2.08. The first-order valence-corrected chi connectivity index (χ1v) is 12.1. The summed E-state index contributed by atoms with van der Waals surface area (Å²) >= 11 is 1.37. The quantitative estimate of drug-likeness (QED) is 0.298. The molecule has 1 aliphatic heterocycles. The third-order valence-corrected chi connectivity index (χ3v) is 6.92. The van der Waals surface area contributed by atoms with Gasteiger partial charge in [0.15, 0.2) is 10.9 Å². The van der Waals surface area contributed by atoms with Crippen LogP contribution in [0, 0.1) is 6.92 Å². The molecule has 1 aromatic heterocycles. The van der Waals surface area contributed by atoms with Gasteiger partial charge in [0.1, 0.15) is 5.82 Å². The Hall–Kier alpha value is -3.71. The SMILES string of the molecule is Cc1cccc(-n2c(Cc3ccccc3)nnc2SCC(=O)c2ccc3c(c2)C(C)C(=O)N3)c1. The van der Waals surface area contributed by atoms with Gasteiger partial charge in [-0.2, -0.15) is 0 Å². The molecule has 0 saturated carbocycles. The van der Waals surface area contributed by atoms with Gasteiger partial charge < -0.3 is 5.32 Å². The molecule has 1 atom stereocenters. The summed E-state index contributed by atoms with van der Waals surface area (Å²) in [5, 5.41) is 12.4. The zero-order chi connectivity index (χ0) is 23.7. The van der Waals surface area contributed by atoms with Crippen molar-refractivity contribution >= 4 is 29.1 Å². The van der Waals surface area contributed by atoms with Crippen molar-refractivity contribution in [3.05, 3.63) is 101 Å². The summed E-state index contributed by atoms with van der Waals surface area (Å²) < 4.78 is 2.03. The first kappa shape index (κ1) is 22.1. The summed E-state index contributed by atoms with van der Waals surface area (Å²) in [5.74, 6) is 0.751. The fourth-order valence-corrected chi connectivity index (χ4v) is 4.98. The fraction of sp³-hybridized carbons (Fsp3) is 0.185. The number of nitrogens with one attached hydrogen (secondary N) is 1. The lowest BCUT2D eigenvalue weighted by Gasteiger charge is -2.11. The summed E-state index contributed by atoms with van der Waals surface area (Å²) in [4.78, 5) is 25.0. The summed E-state index contributed by atoms with van der Waals surface area (Å²) in [6.07, 6.45) is 0.639. The Labute approximate surface area is 202 Å². The highest BCUT2D eigenvalue weighted by Crippen LogP contribution is 2.33. The van der Waals surface area contributed by atoms with Crippen molar-refractivity contribution < 1.29 is 9.59 Å². The molecule has 6 nitrogen and oxygen atoms in total.